The third kappa shape index (κ3) is 2.23. The minimum absolute atomic E-state index is 0.395. The molecule has 0 unspecified atom stereocenters. The Morgan fingerprint density at radius 1 is 1.50 bits per heavy atom. The van der Waals surface area contributed by atoms with Crippen molar-refractivity contribution < 1.29 is 4.79 Å². The minimum Gasteiger partial charge on any atom is -0.366 e. The lowest BCUT2D eigenvalue weighted by Crippen LogP contribution is -2.10. The molecular formula is C11H9ClN2OS. The molecule has 16 heavy (non-hydrogen) atoms. The number of benzene rings is 1. The van der Waals surface area contributed by atoms with Crippen molar-refractivity contribution in [3.05, 3.63) is 40.9 Å². The van der Waals surface area contributed by atoms with Crippen LogP contribution in [-0.4, -0.2) is 10.9 Å². The fourth-order valence-electron chi connectivity index (χ4n) is 1.31. The van der Waals surface area contributed by atoms with Crippen LogP contribution in [0.2, 0.25) is 0 Å². The van der Waals surface area contributed by atoms with Crippen LogP contribution < -0.4 is 5.73 Å². The summed E-state index contributed by atoms with van der Waals surface area (Å²) in [6.07, 6.45) is 0. The summed E-state index contributed by atoms with van der Waals surface area (Å²) in [5.74, 6) is -0.0394. The van der Waals surface area contributed by atoms with E-state index in [9.17, 15) is 4.79 Å². The Balaban J connectivity index is 2.40. The first-order chi connectivity index (χ1) is 7.70. The van der Waals surface area contributed by atoms with Crippen LogP contribution in [0.15, 0.2) is 29.6 Å². The lowest BCUT2D eigenvalue weighted by molar-refractivity contribution is 0.100. The van der Waals surface area contributed by atoms with Crippen molar-refractivity contribution >= 4 is 28.8 Å². The summed E-state index contributed by atoms with van der Waals surface area (Å²) in [4.78, 5) is 15.4. The maximum absolute atomic E-state index is 11.0. The number of aromatic nitrogens is 1. The highest BCUT2D eigenvalue weighted by Crippen LogP contribution is 2.24. The second kappa shape index (κ2) is 4.63. The molecule has 1 amide bonds. The van der Waals surface area contributed by atoms with Gasteiger partial charge >= 0.3 is 0 Å². The molecule has 1 heterocycles. The maximum atomic E-state index is 11.0. The summed E-state index contributed by atoms with van der Waals surface area (Å²) < 4.78 is 0. The SMILES string of the molecule is NC(=O)c1cccc(-c2nc(CCl)cs2)c1. The van der Waals surface area contributed by atoms with E-state index in [-0.39, 0.29) is 0 Å². The number of primary amides is 1. The van der Waals surface area contributed by atoms with Crippen LogP contribution >= 0.6 is 22.9 Å². The number of carbonyl (C=O) groups is 1. The molecule has 5 heteroatoms. The number of hydrogen-bond donors (Lipinski definition) is 1. The Bertz CT molecular complexity index is 524. The van der Waals surface area contributed by atoms with Gasteiger partial charge in [0, 0.05) is 16.5 Å². The van der Waals surface area contributed by atoms with Gasteiger partial charge in [-0.15, -0.1) is 22.9 Å². The number of hydrogen-bond acceptors (Lipinski definition) is 3. The Morgan fingerprint density at radius 2 is 2.31 bits per heavy atom. The van der Waals surface area contributed by atoms with E-state index in [4.69, 9.17) is 17.3 Å². The monoisotopic (exact) mass is 252 g/mol. The number of nitrogens with zero attached hydrogens (tertiary/aromatic N) is 1. The van der Waals surface area contributed by atoms with Crippen LogP contribution in [-0.2, 0) is 5.88 Å². The van der Waals surface area contributed by atoms with Crippen LogP contribution in [0.3, 0.4) is 0 Å². The van der Waals surface area contributed by atoms with Crippen LogP contribution in [0.5, 0.6) is 0 Å². The van der Waals surface area contributed by atoms with Gasteiger partial charge < -0.3 is 5.73 Å². The van der Waals surface area contributed by atoms with Crippen LogP contribution in [0.1, 0.15) is 16.1 Å². The average molecular weight is 253 g/mol. The third-order valence-electron chi connectivity index (χ3n) is 2.08. The fraction of sp³-hybridized carbons (Fsp3) is 0.0909. The predicted octanol–water partition coefficient (Wildman–Crippen LogP) is 2.65. The molecule has 0 radical (unpaired) electrons. The van der Waals surface area contributed by atoms with E-state index in [0.717, 1.165) is 16.3 Å². The average Bonchev–Trinajstić information content (AvgIpc) is 2.77. The molecule has 2 aromatic rings. The topological polar surface area (TPSA) is 56.0 Å². The number of thiazole rings is 1. The highest BCUT2D eigenvalue weighted by Gasteiger charge is 2.06. The molecule has 0 spiro atoms. The normalized spacial score (nSPS) is 10.3. The first kappa shape index (κ1) is 11.1. The molecule has 1 aromatic carbocycles. The van der Waals surface area contributed by atoms with E-state index in [0.29, 0.717) is 11.4 Å². The Hall–Kier alpha value is -1.39. The van der Waals surface area contributed by atoms with Crippen molar-refractivity contribution in [2.45, 2.75) is 5.88 Å². The van der Waals surface area contributed by atoms with E-state index in [1.165, 1.54) is 11.3 Å². The molecule has 0 fully saturated rings. The third-order valence-corrected chi connectivity index (χ3v) is 3.30. The summed E-state index contributed by atoms with van der Waals surface area (Å²) in [6.45, 7) is 0. The van der Waals surface area contributed by atoms with Crippen molar-refractivity contribution in [1.29, 1.82) is 0 Å². The largest absolute Gasteiger partial charge is 0.366 e. The molecule has 2 N–H and O–H groups in total. The molecule has 0 aliphatic rings. The summed E-state index contributed by atoms with van der Waals surface area (Å²) in [5.41, 5.74) is 7.43. The van der Waals surface area contributed by atoms with Crippen molar-refractivity contribution in [3.8, 4) is 10.6 Å². The molecule has 0 bridgehead atoms. The number of nitrogens with two attached hydrogens (primary N) is 1. The van der Waals surface area contributed by atoms with E-state index in [2.05, 4.69) is 4.98 Å². The minimum atomic E-state index is -0.434. The van der Waals surface area contributed by atoms with Crippen LogP contribution in [0, 0.1) is 0 Å². The van der Waals surface area contributed by atoms with Gasteiger partial charge in [0.1, 0.15) is 5.01 Å². The summed E-state index contributed by atoms with van der Waals surface area (Å²) in [7, 11) is 0. The van der Waals surface area contributed by atoms with Gasteiger partial charge in [-0.3, -0.25) is 4.79 Å². The molecule has 0 saturated carbocycles. The zero-order valence-corrected chi connectivity index (χ0v) is 9.89. The zero-order valence-electron chi connectivity index (χ0n) is 8.31. The Morgan fingerprint density at radius 3 is 2.94 bits per heavy atom. The molecule has 0 saturated heterocycles. The Kier molecular flexibility index (Phi) is 3.22. The lowest BCUT2D eigenvalue weighted by atomic mass is 10.1. The molecule has 0 aliphatic carbocycles. The molecule has 0 aliphatic heterocycles. The van der Waals surface area contributed by atoms with Gasteiger partial charge in [-0.2, -0.15) is 0 Å². The Labute approximate surface area is 102 Å². The molecular weight excluding hydrogens is 244 g/mol. The van der Waals surface area contributed by atoms with Crippen molar-refractivity contribution in [2.24, 2.45) is 5.73 Å². The molecule has 3 nitrogen and oxygen atoms in total. The number of carbonyl (C=O) groups excluding carboxylic acids is 1. The number of alkyl halides is 1. The van der Waals surface area contributed by atoms with Gasteiger partial charge in [-0.1, -0.05) is 12.1 Å². The van der Waals surface area contributed by atoms with Gasteiger partial charge in [-0.25, -0.2) is 4.98 Å². The first-order valence-electron chi connectivity index (χ1n) is 4.61. The molecule has 0 atom stereocenters. The van der Waals surface area contributed by atoms with Crippen LogP contribution in [0.4, 0.5) is 0 Å². The van der Waals surface area contributed by atoms with E-state index >= 15 is 0 Å². The highest BCUT2D eigenvalue weighted by atomic mass is 35.5. The molecule has 2 rings (SSSR count). The standard InChI is InChI=1S/C11H9ClN2OS/c12-5-9-6-16-11(14-9)8-3-1-2-7(4-8)10(13)15/h1-4,6H,5H2,(H2,13,15). The number of amides is 1. The van der Waals surface area contributed by atoms with Crippen molar-refractivity contribution in [1.82, 2.24) is 4.98 Å². The van der Waals surface area contributed by atoms with Gasteiger partial charge in [0.25, 0.3) is 0 Å². The second-order valence-corrected chi connectivity index (χ2v) is 4.35. The van der Waals surface area contributed by atoms with Crippen LogP contribution in [0.25, 0.3) is 10.6 Å². The van der Waals surface area contributed by atoms with Crippen molar-refractivity contribution in [3.63, 3.8) is 0 Å². The van der Waals surface area contributed by atoms with Gasteiger partial charge in [0.2, 0.25) is 5.91 Å². The molecule has 82 valence electrons. The molecule has 1 aromatic heterocycles. The van der Waals surface area contributed by atoms with Crippen molar-refractivity contribution in [2.75, 3.05) is 0 Å². The van der Waals surface area contributed by atoms with Gasteiger partial charge in [0.05, 0.1) is 11.6 Å². The number of rotatable bonds is 3. The highest BCUT2D eigenvalue weighted by molar-refractivity contribution is 7.13. The first-order valence-corrected chi connectivity index (χ1v) is 6.02. The second-order valence-electron chi connectivity index (χ2n) is 3.22. The quantitative estimate of drug-likeness (QED) is 0.854. The number of halogens is 1. The summed E-state index contributed by atoms with van der Waals surface area (Å²) >= 11 is 7.18. The lowest BCUT2D eigenvalue weighted by Gasteiger charge is -1.98. The summed E-state index contributed by atoms with van der Waals surface area (Å²) in [6, 6.07) is 7.10. The smallest absolute Gasteiger partial charge is 0.248 e. The predicted molar refractivity (Wildman–Crippen MR) is 65.6 cm³/mol. The van der Waals surface area contributed by atoms with E-state index in [1.54, 1.807) is 18.2 Å². The van der Waals surface area contributed by atoms with Gasteiger partial charge in [0.15, 0.2) is 0 Å². The van der Waals surface area contributed by atoms with Gasteiger partial charge in [-0.05, 0) is 12.1 Å². The van der Waals surface area contributed by atoms with E-state index < -0.39 is 5.91 Å². The fourth-order valence-corrected chi connectivity index (χ4v) is 2.35. The van der Waals surface area contributed by atoms with E-state index in [1.807, 2.05) is 11.4 Å². The maximum Gasteiger partial charge on any atom is 0.248 e. The summed E-state index contributed by atoms with van der Waals surface area (Å²) in [5, 5.41) is 2.75. The zero-order chi connectivity index (χ0) is 11.5.